The topological polar surface area (TPSA) is 58.4 Å². The van der Waals surface area contributed by atoms with Crippen molar-refractivity contribution in [3.8, 4) is 0 Å². The molecule has 5 nitrogen and oxygen atoms in total. The van der Waals surface area contributed by atoms with Crippen molar-refractivity contribution in [1.82, 2.24) is 14.7 Å². The summed E-state index contributed by atoms with van der Waals surface area (Å²) in [7, 11) is 0. The van der Waals surface area contributed by atoms with Crippen molar-refractivity contribution in [2.24, 2.45) is 5.92 Å². The first-order valence-electron chi connectivity index (χ1n) is 6.88. The SMILES string of the molecule is CC(C)(C)c1ccn(CC2CCN(C(=O)O)CC2)n1. The van der Waals surface area contributed by atoms with Gasteiger partial charge in [-0.25, -0.2) is 4.79 Å². The molecule has 19 heavy (non-hydrogen) atoms. The Morgan fingerprint density at radius 1 is 1.42 bits per heavy atom. The Kier molecular flexibility index (Phi) is 3.83. The van der Waals surface area contributed by atoms with Crippen LogP contribution in [0.2, 0.25) is 0 Å². The summed E-state index contributed by atoms with van der Waals surface area (Å²) in [4.78, 5) is 12.3. The number of carbonyl (C=O) groups is 1. The molecule has 1 aromatic heterocycles. The van der Waals surface area contributed by atoms with Gasteiger partial charge in [-0.15, -0.1) is 0 Å². The van der Waals surface area contributed by atoms with Crippen LogP contribution in [0.25, 0.3) is 0 Å². The molecule has 1 saturated heterocycles. The van der Waals surface area contributed by atoms with Gasteiger partial charge >= 0.3 is 6.09 Å². The fourth-order valence-corrected chi connectivity index (χ4v) is 2.43. The third-order valence-electron chi connectivity index (χ3n) is 3.74. The van der Waals surface area contributed by atoms with Crippen LogP contribution in [0.5, 0.6) is 0 Å². The van der Waals surface area contributed by atoms with Crippen LogP contribution in [0.1, 0.15) is 39.3 Å². The van der Waals surface area contributed by atoms with E-state index in [-0.39, 0.29) is 5.41 Å². The van der Waals surface area contributed by atoms with Gasteiger partial charge in [-0.1, -0.05) is 20.8 Å². The van der Waals surface area contributed by atoms with E-state index < -0.39 is 6.09 Å². The number of hydrogen-bond acceptors (Lipinski definition) is 2. The van der Waals surface area contributed by atoms with Crippen LogP contribution in [0.15, 0.2) is 12.3 Å². The smallest absolute Gasteiger partial charge is 0.407 e. The number of aromatic nitrogens is 2. The highest BCUT2D eigenvalue weighted by atomic mass is 16.4. The van der Waals surface area contributed by atoms with E-state index in [1.807, 2.05) is 10.9 Å². The number of likely N-dealkylation sites (tertiary alicyclic amines) is 1. The minimum Gasteiger partial charge on any atom is -0.465 e. The predicted molar refractivity (Wildman–Crippen MR) is 73.2 cm³/mol. The fourth-order valence-electron chi connectivity index (χ4n) is 2.43. The molecular weight excluding hydrogens is 242 g/mol. The maximum Gasteiger partial charge on any atom is 0.407 e. The van der Waals surface area contributed by atoms with Gasteiger partial charge in [-0.2, -0.15) is 5.10 Å². The van der Waals surface area contributed by atoms with Crippen molar-refractivity contribution in [2.45, 2.75) is 45.6 Å². The van der Waals surface area contributed by atoms with Gasteiger partial charge in [-0.3, -0.25) is 4.68 Å². The second kappa shape index (κ2) is 5.23. The summed E-state index contributed by atoms with van der Waals surface area (Å²) in [6.07, 6.45) is 3.09. The van der Waals surface area contributed by atoms with Crippen molar-refractivity contribution >= 4 is 6.09 Å². The van der Waals surface area contributed by atoms with E-state index >= 15 is 0 Å². The number of hydrogen-bond donors (Lipinski definition) is 1. The van der Waals surface area contributed by atoms with Gasteiger partial charge in [0.2, 0.25) is 0 Å². The Morgan fingerprint density at radius 2 is 2.05 bits per heavy atom. The van der Waals surface area contributed by atoms with Crippen LogP contribution >= 0.6 is 0 Å². The summed E-state index contributed by atoms with van der Waals surface area (Å²) >= 11 is 0. The Hall–Kier alpha value is -1.52. The zero-order valence-electron chi connectivity index (χ0n) is 12.0. The molecule has 106 valence electrons. The highest BCUT2D eigenvalue weighted by Crippen LogP contribution is 2.22. The van der Waals surface area contributed by atoms with E-state index in [0.717, 1.165) is 25.1 Å². The molecule has 1 amide bonds. The minimum atomic E-state index is -0.799. The third-order valence-corrected chi connectivity index (χ3v) is 3.74. The lowest BCUT2D eigenvalue weighted by atomic mass is 9.93. The average molecular weight is 265 g/mol. The van der Waals surface area contributed by atoms with Gasteiger partial charge in [0.05, 0.1) is 5.69 Å². The molecule has 2 heterocycles. The Labute approximate surface area is 114 Å². The molecule has 1 aromatic rings. The largest absolute Gasteiger partial charge is 0.465 e. The van der Waals surface area contributed by atoms with Crippen molar-refractivity contribution in [3.05, 3.63) is 18.0 Å². The van der Waals surface area contributed by atoms with E-state index in [1.165, 1.54) is 4.90 Å². The quantitative estimate of drug-likeness (QED) is 0.894. The van der Waals surface area contributed by atoms with Crippen molar-refractivity contribution in [3.63, 3.8) is 0 Å². The van der Waals surface area contributed by atoms with E-state index in [4.69, 9.17) is 5.11 Å². The number of nitrogens with zero attached hydrogens (tertiary/aromatic N) is 3. The highest BCUT2D eigenvalue weighted by molar-refractivity contribution is 5.64. The standard InChI is InChI=1S/C14H23N3O2/c1-14(2,3)12-6-9-17(15-12)10-11-4-7-16(8-5-11)13(18)19/h6,9,11H,4-5,7-8,10H2,1-3H3,(H,18,19). The van der Waals surface area contributed by atoms with Crippen LogP contribution in [0.4, 0.5) is 4.79 Å². The molecule has 1 aliphatic rings. The Bertz CT molecular complexity index is 440. The maximum atomic E-state index is 10.8. The molecule has 1 aliphatic heterocycles. The van der Waals surface area contributed by atoms with Gasteiger partial charge in [0, 0.05) is 31.2 Å². The average Bonchev–Trinajstić information content (AvgIpc) is 2.78. The molecule has 0 spiro atoms. The van der Waals surface area contributed by atoms with Crippen LogP contribution in [0.3, 0.4) is 0 Å². The Morgan fingerprint density at radius 3 is 2.53 bits per heavy atom. The molecule has 0 bridgehead atoms. The summed E-state index contributed by atoms with van der Waals surface area (Å²) in [5.74, 6) is 0.531. The van der Waals surface area contributed by atoms with E-state index in [9.17, 15) is 4.79 Å². The lowest BCUT2D eigenvalue weighted by molar-refractivity contribution is 0.121. The van der Waals surface area contributed by atoms with Gasteiger partial charge < -0.3 is 10.0 Å². The molecule has 1 fully saturated rings. The molecule has 2 rings (SSSR count). The summed E-state index contributed by atoms with van der Waals surface area (Å²) in [6, 6.07) is 2.08. The van der Waals surface area contributed by atoms with Crippen LogP contribution < -0.4 is 0 Å². The van der Waals surface area contributed by atoms with Gasteiger partial charge in [0.25, 0.3) is 0 Å². The van der Waals surface area contributed by atoms with Crippen molar-refractivity contribution in [2.75, 3.05) is 13.1 Å². The summed E-state index contributed by atoms with van der Waals surface area (Å²) in [5.41, 5.74) is 1.19. The monoisotopic (exact) mass is 265 g/mol. The first kappa shape index (κ1) is 13.9. The van der Waals surface area contributed by atoms with Crippen LogP contribution in [-0.4, -0.2) is 39.0 Å². The second-order valence-electron chi connectivity index (χ2n) is 6.39. The molecule has 0 aliphatic carbocycles. The maximum absolute atomic E-state index is 10.8. The lowest BCUT2D eigenvalue weighted by Gasteiger charge is -2.29. The number of piperidine rings is 1. The highest BCUT2D eigenvalue weighted by Gasteiger charge is 2.23. The van der Waals surface area contributed by atoms with E-state index in [0.29, 0.717) is 19.0 Å². The summed E-state index contributed by atoms with van der Waals surface area (Å²) in [5, 5.41) is 13.5. The molecule has 0 saturated carbocycles. The first-order chi connectivity index (χ1) is 8.86. The van der Waals surface area contributed by atoms with Gasteiger partial charge in [0.15, 0.2) is 0 Å². The van der Waals surface area contributed by atoms with Crippen LogP contribution in [0, 0.1) is 5.92 Å². The third kappa shape index (κ3) is 3.49. The molecule has 5 heteroatoms. The zero-order valence-corrected chi connectivity index (χ0v) is 12.0. The molecule has 1 N–H and O–H groups in total. The summed E-state index contributed by atoms with van der Waals surface area (Å²) in [6.45, 7) is 8.66. The Balaban J connectivity index is 1.89. The number of amides is 1. The fraction of sp³-hybridized carbons (Fsp3) is 0.714. The molecule has 0 unspecified atom stereocenters. The lowest BCUT2D eigenvalue weighted by Crippen LogP contribution is -2.38. The van der Waals surface area contributed by atoms with Crippen LogP contribution in [-0.2, 0) is 12.0 Å². The molecular formula is C14H23N3O2. The normalized spacial score (nSPS) is 17.7. The second-order valence-corrected chi connectivity index (χ2v) is 6.39. The number of carboxylic acid groups (broad SMARTS) is 1. The van der Waals surface area contributed by atoms with E-state index in [2.05, 4.69) is 31.9 Å². The summed E-state index contributed by atoms with van der Waals surface area (Å²) < 4.78 is 2.00. The molecule has 0 atom stereocenters. The minimum absolute atomic E-state index is 0.0813. The van der Waals surface area contributed by atoms with Crippen molar-refractivity contribution in [1.29, 1.82) is 0 Å². The predicted octanol–water partition coefficient (Wildman–Crippen LogP) is 2.57. The zero-order chi connectivity index (χ0) is 14.0. The molecule has 0 radical (unpaired) electrons. The first-order valence-corrected chi connectivity index (χ1v) is 6.88. The number of rotatable bonds is 2. The van der Waals surface area contributed by atoms with Gasteiger partial charge in [0.1, 0.15) is 0 Å². The van der Waals surface area contributed by atoms with Gasteiger partial charge in [-0.05, 0) is 24.8 Å². The van der Waals surface area contributed by atoms with Crippen molar-refractivity contribution < 1.29 is 9.90 Å². The molecule has 0 aromatic carbocycles. The van der Waals surface area contributed by atoms with E-state index in [1.54, 1.807) is 0 Å².